The highest BCUT2D eigenvalue weighted by atomic mass is 79.9. The maximum absolute atomic E-state index is 12.5. The molecule has 0 bridgehead atoms. The van der Waals surface area contributed by atoms with E-state index in [9.17, 15) is 9.59 Å². The van der Waals surface area contributed by atoms with Gasteiger partial charge in [-0.15, -0.1) is 0 Å². The molecule has 6 nitrogen and oxygen atoms in total. The fourth-order valence-electron chi connectivity index (χ4n) is 2.98. The Balaban J connectivity index is 2.02. The molecule has 25 heavy (non-hydrogen) atoms. The molecule has 2 amide bonds. The lowest BCUT2D eigenvalue weighted by molar-refractivity contribution is -0.137. The van der Waals surface area contributed by atoms with Gasteiger partial charge in [0, 0.05) is 23.1 Å². The summed E-state index contributed by atoms with van der Waals surface area (Å²) in [7, 11) is 0. The Morgan fingerprint density at radius 1 is 1.40 bits per heavy atom. The van der Waals surface area contributed by atoms with Gasteiger partial charge in [0.15, 0.2) is 6.61 Å². The Morgan fingerprint density at radius 3 is 2.76 bits per heavy atom. The molecule has 0 saturated carbocycles. The third-order valence-electron chi connectivity index (χ3n) is 4.39. The van der Waals surface area contributed by atoms with Crippen LogP contribution in [0.2, 0.25) is 0 Å². The van der Waals surface area contributed by atoms with Crippen molar-refractivity contribution in [3.8, 4) is 5.75 Å². The molecule has 2 rings (SSSR count). The van der Waals surface area contributed by atoms with Crippen molar-refractivity contribution in [3.63, 3.8) is 0 Å². The highest BCUT2D eigenvalue weighted by molar-refractivity contribution is 9.10. The number of amides is 2. The zero-order valence-corrected chi connectivity index (χ0v) is 16.6. The summed E-state index contributed by atoms with van der Waals surface area (Å²) in [6.45, 7) is 7.29. The van der Waals surface area contributed by atoms with Crippen LogP contribution >= 0.6 is 15.9 Å². The fraction of sp³-hybridized carbons (Fsp3) is 0.556. The summed E-state index contributed by atoms with van der Waals surface area (Å²) in [5.74, 6) is 5.32. The largest absolute Gasteiger partial charge is 0.483 e. The number of nitrogens with zero attached hydrogens (tertiary/aromatic N) is 1. The van der Waals surface area contributed by atoms with Crippen LogP contribution in [0.5, 0.6) is 5.75 Å². The van der Waals surface area contributed by atoms with Gasteiger partial charge < -0.3 is 9.64 Å². The Morgan fingerprint density at radius 2 is 2.12 bits per heavy atom. The van der Waals surface area contributed by atoms with Gasteiger partial charge in [0.25, 0.3) is 5.91 Å². The molecule has 1 fully saturated rings. The van der Waals surface area contributed by atoms with Crippen LogP contribution < -0.4 is 16.0 Å². The first-order chi connectivity index (χ1) is 11.7. The molecule has 1 unspecified atom stereocenters. The Hall–Kier alpha value is -1.60. The van der Waals surface area contributed by atoms with Crippen molar-refractivity contribution >= 4 is 27.7 Å². The van der Waals surface area contributed by atoms with Crippen molar-refractivity contribution in [2.45, 2.75) is 39.0 Å². The Kier molecular flexibility index (Phi) is 6.46. The molecule has 1 aromatic carbocycles. The lowest BCUT2D eigenvalue weighted by atomic mass is 9.86. The molecular formula is C18H26BrN3O3. The van der Waals surface area contributed by atoms with E-state index in [0.29, 0.717) is 18.8 Å². The number of benzene rings is 1. The number of carbonyl (C=O) groups excluding carboxylic acids is 2. The van der Waals surface area contributed by atoms with E-state index in [1.807, 2.05) is 18.2 Å². The smallest absolute Gasteiger partial charge is 0.260 e. The molecule has 1 aromatic rings. The second-order valence-electron chi connectivity index (χ2n) is 7.37. The molecule has 0 aliphatic carbocycles. The van der Waals surface area contributed by atoms with Crippen LogP contribution in [0.25, 0.3) is 0 Å². The average molecular weight is 412 g/mol. The number of ether oxygens (including phenoxy) is 1. The van der Waals surface area contributed by atoms with Crippen LogP contribution in [0, 0.1) is 5.92 Å². The first kappa shape index (κ1) is 19.7. The lowest BCUT2D eigenvalue weighted by Gasteiger charge is -2.32. The van der Waals surface area contributed by atoms with Gasteiger partial charge in [-0.25, -0.2) is 5.84 Å². The van der Waals surface area contributed by atoms with Crippen molar-refractivity contribution < 1.29 is 14.3 Å². The molecule has 0 radical (unpaired) electrons. The summed E-state index contributed by atoms with van der Waals surface area (Å²) in [5.41, 5.74) is 3.11. The summed E-state index contributed by atoms with van der Waals surface area (Å²) >= 11 is 3.48. The van der Waals surface area contributed by atoms with E-state index in [0.717, 1.165) is 22.9 Å². The number of nitrogens with one attached hydrogen (secondary N) is 1. The third kappa shape index (κ3) is 5.19. The summed E-state index contributed by atoms with van der Waals surface area (Å²) < 4.78 is 6.79. The number of piperidine rings is 1. The number of hydrazine groups is 1. The minimum atomic E-state index is -0.250. The van der Waals surface area contributed by atoms with Crippen LogP contribution in [0.4, 0.5) is 0 Å². The molecule has 1 aliphatic rings. The van der Waals surface area contributed by atoms with E-state index in [2.05, 4.69) is 42.1 Å². The van der Waals surface area contributed by atoms with Crippen molar-refractivity contribution in [3.05, 3.63) is 28.2 Å². The third-order valence-corrected chi connectivity index (χ3v) is 4.88. The normalized spacial score (nSPS) is 18.0. The van der Waals surface area contributed by atoms with Crippen molar-refractivity contribution in [2.24, 2.45) is 11.8 Å². The molecule has 138 valence electrons. The van der Waals surface area contributed by atoms with Crippen LogP contribution in [-0.2, 0) is 15.0 Å². The summed E-state index contributed by atoms with van der Waals surface area (Å²) in [6, 6.07) is 5.79. The van der Waals surface area contributed by atoms with Crippen LogP contribution in [0.1, 0.15) is 39.2 Å². The van der Waals surface area contributed by atoms with E-state index in [1.165, 1.54) is 0 Å². The monoisotopic (exact) mass is 411 g/mol. The standard InChI is InChI=1S/C18H26BrN3O3/c1-18(2,3)14-9-13(19)6-7-15(14)25-11-16(23)22-8-4-5-12(10-22)17(24)21-20/h6-7,9,12H,4-5,8,10-11,20H2,1-3H3,(H,21,24). The summed E-state index contributed by atoms with van der Waals surface area (Å²) in [4.78, 5) is 25.9. The summed E-state index contributed by atoms with van der Waals surface area (Å²) in [5, 5.41) is 0. The van der Waals surface area contributed by atoms with Gasteiger partial charge in [0.2, 0.25) is 5.91 Å². The zero-order chi connectivity index (χ0) is 18.6. The number of likely N-dealkylation sites (tertiary alicyclic amines) is 1. The SMILES string of the molecule is CC(C)(C)c1cc(Br)ccc1OCC(=O)N1CCCC(C(=O)NN)C1. The van der Waals surface area contributed by atoms with Gasteiger partial charge in [0.1, 0.15) is 5.75 Å². The molecule has 1 saturated heterocycles. The molecule has 1 heterocycles. The Labute approximate surface area is 157 Å². The van der Waals surface area contributed by atoms with Gasteiger partial charge >= 0.3 is 0 Å². The molecule has 0 spiro atoms. The number of nitrogens with two attached hydrogens (primary N) is 1. The van der Waals surface area contributed by atoms with Gasteiger partial charge in [-0.2, -0.15) is 0 Å². The fourth-order valence-corrected chi connectivity index (χ4v) is 3.34. The molecule has 0 aromatic heterocycles. The first-order valence-electron chi connectivity index (χ1n) is 8.43. The van der Waals surface area contributed by atoms with Gasteiger partial charge in [-0.3, -0.25) is 15.0 Å². The van der Waals surface area contributed by atoms with Gasteiger partial charge in [-0.05, 0) is 36.5 Å². The van der Waals surface area contributed by atoms with Crippen molar-refractivity contribution in [2.75, 3.05) is 19.7 Å². The van der Waals surface area contributed by atoms with Crippen molar-refractivity contribution in [1.29, 1.82) is 0 Å². The predicted molar refractivity (Wildman–Crippen MR) is 100.0 cm³/mol. The predicted octanol–water partition coefficient (Wildman–Crippen LogP) is 2.35. The number of hydrogen-bond acceptors (Lipinski definition) is 4. The van der Waals surface area contributed by atoms with E-state index in [-0.39, 0.29) is 29.8 Å². The van der Waals surface area contributed by atoms with Crippen molar-refractivity contribution in [1.82, 2.24) is 10.3 Å². The number of rotatable bonds is 4. The quantitative estimate of drug-likeness (QED) is 0.452. The molecule has 1 aliphatic heterocycles. The Bertz CT molecular complexity index is 643. The first-order valence-corrected chi connectivity index (χ1v) is 9.22. The van der Waals surface area contributed by atoms with Crippen LogP contribution in [0.15, 0.2) is 22.7 Å². The maximum Gasteiger partial charge on any atom is 0.260 e. The lowest BCUT2D eigenvalue weighted by Crippen LogP contribution is -2.48. The molecule has 1 atom stereocenters. The molecular weight excluding hydrogens is 386 g/mol. The highest BCUT2D eigenvalue weighted by Gasteiger charge is 2.28. The van der Waals surface area contributed by atoms with E-state index in [1.54, 1.807) is 4.90 Å². The number of carbonyl (C=O) groups is 2. The molecule has 3 N–H and O–H groups in total. The average Bonchev–Trinajstić information content (AvgIpc) is 2.59. The van der Waals surface area contributed by atoms with E-state index in [4.69, 9.17) is 10.6 Å². The second kappa shape index (κ2) is 8.19. The number of hydrogen-bond donors (Lipinski definition) is 2. The molecule has 7 heteroatoms. The zero-order valence-electron chi connectivity index (χ0n) is 15.0. The van der Waals surface area contributed by atoms with E-state index < -0.39 is 0 Å². The maximum atomic E-state index is 12.5. The van der Waals surface area contributed by atoms with E-state index >= 15 is 0 Å². The highest BCUT2D eigenvalue weighted by Crippen LogP contribution is 2.33. The van der Waals surface area contributed by atoms with Crippen LogP contribution in [-0.4, -0.2) is 36.4 Å². The minimum Gasteiger partial charge on any atom is -0.483 e. The second-order valence-corrected chi connectivity index (χ2v) is 8.28. The van der Waals surface area contributed by atoms with Gasteiger partial charge in [-0.1, -0.05) is 36.7 Å². The van der Waals surface area contributed by atoms with Gasteiger partial charge in [0.05, 0.1) is 5.92 Å². The number of halogens is 1. The summed E-state index contributed by atoms with van der Waals surface area (Å²) in [6.07, 6.45) is 1.53. The topological polar surface area (TPSA) is 84.7 Å². The minimum absolute atomic E-state index is 0.0400. The van der Waals surface area contributed by atoms with Crippen LogP contribution in [0.3, 0.4) is 0 Å².